The lowest BCUT2D eigenvalue weighted by Gasteiger charge is -2.29. The minimum Gasteiger partial charge on any atom is -0.486 e. The molecular formula is C18H26N2O3. The normalized spacial score (nSPS) is 20.2. The summed E-state index contributed by atoms with van der Waals surface area (Å²) >= 11 is 0. The molecule has 1 unspecified atom stereocenters. The zero-order chi connectivity index (χ0) is 16.1. The van der Waals surface area contributed by atoms with Gasteiger partial charge in [0.05, 0.1) is 6.04 Å². The van der Waals surface area contributed by atoms with Crippen LogP contribution in [0.15, 0.2) is 18.2 Å². The van der Waals surface area contributed by atoms with Crippen molar-refractivity contribution in [1.29, 1.82) is 0 Å². The minimum absolute atomic E-state index is 0.0438. The number of hydrogen-bond acceptors (Lipinski definition) is 4. The first kappa shape index (κ1) is 16.1. The quantitative estimate of drug-likeness (QED) is 0.930. The van der Waals surface area contributed by atoms with Crippen LogP contribution in [0.2, 0.25) is 0 Å². The van der Waals surface area contributed by atoms with Gasteiger partial charge >= 0.3 is 0 Å². The summed E-state index contributed by atoms with van der Waals surface area (Å²) in [6.45, 7) is 5.14. The van der Waals surface area contributed by atoms with E-state index in [4.69, 9.17) is 9.47 Å². The molecule has 0 aliphatic carbocycles. The predicted octanol–water partition coefficient (Wildman–Crippen LogP) is 3.05. The van der Waals surface area contributed by atoms with Crippen LogP contribution in [0.1, 0.15) is 39.0 Å². The highest BCUT2D eigenvalue weighted by molar-refractivity contribution is 5.94. The number of rotatable bonds is 3. The van der Waals surface area contributed by atoms with Crippen LogP contribution in [0.5, 0.6) is 11.5 Å². The summed E-state index contributed by atoms with van der Waals surface area (Å²) in [5, 5.41) is 3.01. The summed E-state index contributed by atoms with van der Waals surface area (Å²) in [4.78, 5) is 14.9. The first-order valence-corrected chi connectivity index (χ1v) is 8.68. The number of ether oxygens (including phenoxy) is 2. The molecule has 126 valence electrons. The van der Waals surface area contributed by atoms with Crippen LogP contribution in [-0.2, 0) is 4.79 Å². The molecule has 1 aromatic carbocycles. The Morgan fingerprint density at radius 3 is 2.43 bits per heavy atom. The van der Waals surface area contributed by atoms with E-state index in [1.54, 1.807) is 0 Å². The van der Waals surface area contributed by atoms with Crippen LogP contribution in [0.4, 0.5) is 5.69 Å². The van der Waals surface area contributed by atoms with E-state index in [9.17, 15) is 4.79 Å². The number of anilines is 1. The van der Waals surface area contributed by atoms with E-state index < -0.39 is 0 Å². The lowest BCUT2D eigenvalue weighted by Crippen LogP contribution is -2.43. The Kier molecular flexibility index (Phi) is 5.39. The summed E-state index contributed by atoms with van der Waals surface area (Å²) in [5.74, 6) is 1.49. The van der Waals surface area contributed by atoms with E-state index in [2.05, 4.69) is 10.2 Å². The van der Waals surface area contributed by atoms with Crippen molar-refractivity contribution in [1.82, 2.24) is 4.90 Å². The second kappa shape index (κ2) is 7.68. The zero-order valence-corrected chi connectivity index (χ0v) is 13.8. The molecule has 2 aliphatic rings. The number of nitrogens with zero attached hydrogens (tertiary/aromatic N) is 1. The molecule has 23 heavy (non-hydrogen) atoms. The summed E-state index contributed by atoms with van der Waals surface area (Å²) in [6, 6.07) is 5.45. The number of carbonyl (C=O) groups excluding carboxylic acids is 1. The lowest BCUT2D eigenvalue weighted by atomic mass is 10.1. The average Bonchev–Trinajstić information content (AvgIpc) is 2.54. The van der Waals surface area contributed by atoms with Crippen molar-refractivity contribution >= 4 is 11.6 Å². The number of fused-ring (bicyclic) bond motifs is 1. The molecule has 1 amide bonds. The smallest absolute Gasteiger partial charge is 0.241 e. The minimum atomic E-state index is -0.110. The Hall–Kier alpha value is -1.75. The van der Waals surface area contributed by atoms with Crippen molar-refractivity contribution in [3.8, 4) is 11.5 Å². The van der Waals surface area contributed by atoms with Crippen molar-refractivity contribution < 1.29 is 14.3 Å². The third kappa shape index (κ3) is 4.16. The molecule has 5 nitrogen and oxygen atoms in total. The van der Waals surface area contributed by atoms with Crippen LogP contribution >= 0.6 is 0 Å². The second-order valence-corrected chi connectivity index (χ2v) is 6.33. The largest absolute Gasteiger partial charge is 0.486 e. The van der Waals surface area contributed by atoms with Crippen LogP contribution in [-0.4, -0.2) is 43.2 Å². The van der Waals surface area contributed by atoms with Gasteiger partial charge < -0.3 is 14.8 Å². The third-order valence-corrected chi connectivity index (χ3v) is 4.63. The highest BCUT2D eigenvalue weighted by atomic mass is 16.6. The van der Waals surface area contributed by atoms with Gasteiger partial charge in [0, 0.05) is 11.8 Å². The Morgan fingerprint density at radius 2 is 1.70 bits per heavy atom. The summed E-state index contributed by atoms with van der Waals surface area (Å²) < 4.78 is 11.1. The van der Waals surface area contributed by atoms with Crippen molar-refractivity contribution in [2.45, 2.75) is 45.1 Å². The Balaban J connectivity index is 1.61. The standard InChI is InChI=1S/C18H26N2O3/c1-14(20-9-5-3-2-4-6-10-20)18(21)19-15-7-8-16-17(13-15)23-12-11-22-16/h7-8,13-14H,2-6,9-12H2,1H3,(H,19,21). The first-order chi connectivity index (χ1) is 11.2. The first-order valence-electron chi connectivity index (χ1n) is 8.68. The number of carbonyl (C=O) groups is 1. The Morgan fingerprint density at radius 1 is 1.04 bits per heavy atom. The summed E-state index contributed by atoms with van der Waals surface area (Å²) in [7, 11) is 0. The van der Waals surface area contributed by atoms with Crippen LogP contribution in [0, 0.1) is 0 Å². The molecule has 3 rings (SSSR count). The maximum Gasteiger partial charge on any atom is 0.241 e. The zero-order valence-electron chi connectivity index (χ0n) is 13.8. The molecule has 1 N–H and O–H groups in total. The maximum atomic E-state index is 12.6. The van der Waals surface area contributed by atoms with Gasteiger partial charge in [-0.1, -0.05) is 19.3 Å². The second-order valence-electron chi connectivity index (χ2n) is 6.33. The van der Waals surface area contributed by atoms with E-state index >= 15 is 0 Å². The molecule has 2 aliphatic heterocycles. The number of likely N-dealkylation sites (tertiary alicyclic amines) is 1. The van der Waals surface area contributed by atoms with Gasteiger partial charge in [-0.25, -0.2) is 0 Å². The van der Waals surface area contributed by atoms with Gasteiger partial charge in [-0.3, -0.25) is 9.69 Å². The Bertz CT molecular complexity index is 539. The van der Waals surface area contributed by atoms with Crippen molar-refractivity contribution in [3.63, 3.8) is 0 Å². The predicted molar refractivity (Wildman–Crippen MR) is 90.2 cm³/mol. The van der Waals surface area contributed by atoms with Crippen molar-refractivity contribution in [2.75, 3.05) is 31.6 Å². The van der Waals surface area contributed by atoms with Crippen molar-refractivity contribution in [3.05, 3.63) is 18.2 Å². The number of amides is 1. The SMILES string of the molecule is CC(C(=O)Nc1ccc2c(c1)OCCO2)N1CCCCCCC1. The molecule has 1 saturated heterocycles. The molecule has 5 heteroatoms. The van der Waals surface area contributed by atoms with Crippen molar-refractivity contribution in [2.24, 2.45) is 0 Å². The van der Waals surface area contributed by atoms with Gasteiger partial charge in [-0.15, -0.1) is 0 Å². The third-order valence-electron chi connectivity index (χ3n) is 4.63. The van der Waals surface area contributed by atoms with E-state index in [0.29, 0.717) is 19.0 Å². The highest BCUT2D eigenvalue weighted by Gasteiger charge is 2.22. The average molecular weight is 318 g/mol. The van der Waals surface area contributed by atoms with Crippen LogP contribution < -0.4 is 14.8 Å². The highest BCUT2D eigenvalue weighted by Crippen LogP contribution is 2.32. The fraction of sp³-hybridized carbons (Fsp3) is 0.611. The van der Waals surface area contributed by atoms with Gasteiger partial charge in [0.15, 0.2) is 11.5 Å². The van der Waals surface area contributed by atoms with Crippen LogP contribution in [0.25, 0.3) is 0 Å². The van der Waals surface area contributed by atoms with E-state index in [1.807, 2.05) is 25.1 Å². The molecule has 2 heterocycles. The van der Waals surface area contributed by atoms with E-state index in [-0.39, 0.29) is 11.9 Å². The molecule has 0 radical (unpaired) electrons. The molecule has 1 fully saturated rings. The number of benzene rings is 1. The molecule has 0 saturated carbocycles. The fourth-order valence-corrected chi connectivity index (χ4v) is 3.19. The molecule has 0 aromatic heterocycles. The summed E-state index contributed by atoms with van der Waals surface area (Å²) in [5.41, 5.74) is 0.762. The maximum absolute atomic E-state index is 12.6. The van der Waals surface area contributed by atoms with E-state index in [0.717, 1.165) is 24.5 Å². The molecular weight excluding hydrogens is 292 g/mol. The lowest BCUT2D eigenvalue weighted by molar-refractivity contribution is -0.120. The molecule has 0 bridgehead atoms. The van der Waals surface area contributed by atoms with Gasteiger partial charge in [-0.05, 0) is 45.0 Å². The molecule has 0 spiro atoms. The fourth-order valence-electron chi connectivity index (χ4n) is 3.19. The summed E-state index contributed by atoms with van der Waals surface area (Å²) in [6.07, 6.45) is 6.23. The molecule has 1 aromatic rings. The molecule has 1 atom stereocenters. The van der Waals surface area contributed by atoms with Gasteiger partial charge in [-0.2, -0.15) is 0 Å². The van der Waals surface area contributed by atoms with Crippen LogP contribution in [0.3, 0.4) is 0 Å². The van der Waals surface area contributed by atoms with Gasteiger partial charge in [0.25, 0.3) is 0 Å². The monoisotopic (exact) mass is 318 g/mol. The Labute approximate surface area is 137 Å². The van der Waals surface area contributed by atoms with Gasteiger partial charge in [0.2, 0.25) is 5.91 Å². The topological polar surface area (TPSA) is 50.8 Å². The number of nitrogens with one attached hydrogen (secondary N) is 1. The van der Waals surface area contributed by atoms with Gasteiger partial charge in [0.1, 0.15) is 13.2 Å². The van der Waals surface area contributed by atoms with E-state index in [1.165, 1.54) is 32.1 Å². The number of hydrogen-bond donors (Lipinski definition) is 1.